The molecule has 0 bridgehead atoms. The predicted octanol–water partition coefficient (Wildman–Crippen LogP) is 16.3. The fraction of sp³-hybridized carbons (Fsp3) is 0.306. The van der Waals surface area contributed by atoms with Gasteiger partial charge in [0.2, 0.25) is 0 Å². The number of hydrogen-bond donors (Lipinski definition) is 0. The van der Waals surface area contributed by atoms with E-state index in [1.165, 1.54) is 50.0 Å². The number of nitrogens with zero attached hydrogens (tertiary/aromatic N) is 4. The van der Waals surface area contributed by atoms with Crippen molar-refractivity contribution < 1.29 is 4.74 Å². The molecule has 0 aliphatic carbocycles. The molecule has 0 radical (unpaired) electrons. The summed E-state index contributed by atoms with van der Waals surface area (Å²) in [6.45, 7) is 30.5. The highest BCUT2D eigenvalue weighted by molar-refractivity contribution is 6.10. The summed E-state index contributed by atoms with van der Waals surface area (Å²) in [4.78, 5) is 9.70. The zero-order valence-electron chi connectivity index (χ0n) is 42.0. The van der Waals surface area contributed by atoms with E-state index in [0.29, 0.717) is 6.67 Å². The molecule has 8 aromatic rings. The molecule has 0 N–H and O–H groups in total. The zero-order valence-corrected chi connectivity index (χ0v) is 42.0. The molecule has 9 rings (SSSR count). The third-order valence-electron chi connectivity index (χ3n) is 14.2. The lowest BCUT2D eigenvalue weighted by Crippen LogP contribution is -2.27. The van der Waals surface area contributed by atoms with Gasteiger partial charge in [-0.15, -0.1) is 0 Å². The lowest BCUT2D eigenvalue weighted by molar-refractivity contribution is 0.479. The Bertz CT molecular complexity index is 3130. The van der Waals surface area contributed by atoms with Crippen molar-refractivity contribution in [1.29, 1.82) is 0 Å². The van der Waals surface area contributed by atoms with Gasteiger partial charge in [0.25, 0.3) is 0 Å². The Hall–Kier alpha value is -6.59. The highest BCUT2D eigenvalue weighted by Gasteiger charge is 2.29. The molecule has 5 heteroatoms. The summed E-state index contributed by atoms with van der Waals surface area (Å²) in [6, 6.07) is 53.4. The minimum Gasteiger partial charge on any atom is -0.457 e. The van der Waals surface area contributed by atoms with Gasteiger partial charge in [-0.3, -0.25) is 4.57 Å². The maximum atomic E-state index is 6.98. The summed E-state index contributed by atoms with van der Waals surface area (Å²) in [6.07, 6.45) is 6.36. The van der Waals surface area contributed by atoms with Crippen molar-refractivity contribution in [3.05, 3.63) is 203 Å². The fourth-order valence-electron chi connectivity index (χ4n) is 9.45. The Labute approximate surface area is 399 Å². The molecule has 0 spiro atoms. The SMILES string of the molecule is CC(C)(C)c1cc(Oc2ccc3c4cc(C(C)(C)c5ccccc5)ccc4n(-c4cc(C(C)(C)C)ccn4)c3c2)cc(N2C=CN(c3cc(C(C)(C)C)cc(C(C)(C)c4ccccc4)c3)C2)c1. The van der Waals surface area contributed by atoms with E-state index in [9.17, 15) is 0 Å². The van der Waals surface area contributed by atoms with Crippen molar-refractivity contribution in [3.63, 3.8) is 0 Å². The van der Waals surface area contributed by atoms with Gasteiger partial charge in [0, 0.05) is 63.7 Å². The first-order valence-corrected chi connectivity index (χ1v) is 24.0. The molecule has 0 saturated heterocycles. The molecule has 5 nitrogen and oxygen atoms in total. The van der Waals surface area contributed by atoms with Crippen molar-refractivity contribution in [1.82, 2.24) is 9.55 Å². The molecule has 6 aromatic carbocycles. The molecule has 0 unspecified atom stereocenters. The maximum absolute atomic E-state index is 6.98. The fourth-order valence-corrected chi connectivity index (χ4v) is 9.45. The predicted molar refractivity (Wildman–Crippen MR) is 284 cm³/mol. The Balaban J connectivity index is 1.09. The molecule has 1 aliphatic rings. The van der Waals surface area contributed by atoms with E-state index in [1.807, 2.05) is 6.20 Å². The number of benzene rings is 6. The highest BCUT2D eigenvalue weighted by atomic mass is 16.5. The number of anilines is 2. The summed E-state index contributed by atoms with van der Waals surface area (Å²) in [7, 11) is 0. The summed E-state index contributed by atoms with van der Waals surface area (Å²) in [5.74, 6) is 2.47. The van der Waals surface area contributed by atoms with E-state index in [-0.39, 0.29) is 27.1 Å². The minimum atomic E-state index is -0.187. The normalized spacial score (nSPS) is 13.9. The second kappa shape index (κ2) is 16.6. The van der Waals surface area contributed by atoms with E-state index in [1.54, 1.807) is 0 Å². The van der Waals surface area contributed by atoms with Crippen LogP contribution in [0.4, 0.5) is 11.4 Å². The molecule has 1 aliphatic heterocycles. The Morgan fingerprint density at radius 3 is 1.55 bits per heavy atom. The quantitative estimate of drug-likeness (QED) is 0.145. The van der Waals surface area contributed by atoms with Crippen LogP contribution in [0.2, 0.25) is 0 Å². The highest BCUT2D eigenvalue weighted by Crippen LogP contribution is 2.42. The summed E-state index contributed by atoms with van der Waals surface area (Å²) < 4.78 is 9.30. The topological polar surface area (TPSA) is 33.5 Å². The largest absolute Gasteiger partial charge is 0.457 e. The zero-order chi connectivity index (χ0) is 47.7. The number of fused-ring (bicyclic) bond motifs is 3. The van der Waals surface area contributed by atoms with Crippen LogP contribution in [0.1, 0.15) is 129 Å². The molecule has 0 saturated carbocycles. The Morgan fingerprint density at radius 2 is 0.955 bits per heavy atom. The van der Waals surface area contributed by atoms with Crippen LogP contribution in [0, 0.1) is 0 Å². The monoisotopic (exact) mass is 885 g/mol. The van der Waals surface area contributed by atoms with Crippen molar-refractivity contribution in [3.8, 4) is 17.3 Å². The van der Waals surface area contributed by atoms with Crippen molar-refractivity contribution >= 4 is 33.2 Å². The first-order valence-electron chi connectivity index (χ1n) is 24.0. The Kier molecular flexibility index (Phi) is 11.3. The summed E-state index contributed by atoms with van der Waals surface area (Å²) in [5.41, 5.74) is 12.9. The number of pyridine rings is 1. The number of hydrogen-bond acceptors (Lipinski definition) is 4. The van der Waals surface area contributed by atoms with Crippen LogP contribution < -0.4 is 14.5 Å². The van der Waals surface area contributed by atoms with Crippen LogP contribution in [0.5, 0.6) is 11.5 Å². The molecular weight excluding hydrogens is 817 g/mol. The molecule has 0 atom stereocenters. The van der Waals surface area contributed by atoms with E-state index < -0.39 is 0 Å². The number of rotatable bonds is 9. The van der Waals surface area contributed by atoms with Gasteiger partial charge in [-0.1, -0.05) is 163 Å². The van der Waals surface area contributed by atoms with Gasteiger partial charge in [0.05, 0.1) is 17.7 Å². The Morgan fingerprint density at radius 1 is 0.403 bits per heavy atom. The van der Waals surface area contributed by atoms with Crippen molar-refractivity contribution in [2.45, 2.75) is 117 Å². The third kappa shape index (κ3) is 8.89. The summed E-state index contributed by atoms with van der Waals surface area (Å²) >= 11 is 0. The summed E-state index contributed by atoms with van der Waals surface area (Å²) in [5, 5.41) is 2.35. The molecule has 2 aromatic heterocycles. The maximum Gasteiger partial charge on any atom is 0.137 e. The first kappa shape index (κ1) is 45.6. The average molecular weight is 885 g/mol. The van der Waals surface area contributed by atoms with Crippen molar-refractivity contribution in [2.24, 2.45) is 0 Å². The van der Waals surface area contributed by atoms with Crippen LogP contribution in [-0.2, 0) is 27.1 Å². The second-order valence-electron chi connectivity index (χ2n) is 22.8. The molecule has 0 amide bonds. The lowest BCUT2D eigenvalue weighted by atomic mass is 9.75. The standard InChI is InChI=1S/C62H68N4O/c1-58(2,3)44-28-29-63-57(38-44)66-55-27-24-45(61(10,11)42-20-16-14-17-21-42)37-54(55)53-26-25-51(40-56(53)66)67-52-36-47(60(7,8)9)34-50(39-52)65-31-30-64(41-65)49-33-46(59(4,5)6)32-48(35-49)62(12,13)43-22-18-15-19-23-43/h14-40H,41H2,1-13H3. The van der Waals surface area contributed by atoms with Gasteiger partial charge >= 0.3 is 0 Å². The van der Waals surface area contributed by atoms with Crippen LogP contribution >= 0.6 is 0 Å². The van der Waals surface area contributed by atoms with Gasteiger partial charge in [-0.05, 0) is 116 Å². The van der Waals surface area contributed by atoms with E-state index in [4.69, 9.17) is 9.72 Å². The molecule has 3 heterocycles. The second-order valence-corrected chi connectivity index (χ2v) is 22.8. The minimum absolute atomic E-state index is 0.0134. The van der Waals surface area contributed by atoms with Crippen LogP contribution in [0.25, 0.3) is 27.6 Å². The van der Waals surface area contributed by atoms with Gasteiger partial charge in [0.1, 0.15) is 17.3 Å². The van der Waals surface area contributed by atoms with Crippen LogP contribution in [-0.4, -0.2) is 16.2 Å². The molecule has 342 valence electrons. The van der Waals surface area contributed by atoms with E-state index >= 15 is 0 Å². The van der Waals surface area contributed by atoms with Gasteiger partial charge in [0.15, 0.2) is 0 Å². The van der Waals surface area contributed by atoms with Gasteiger partial charge in [-0.2, -0.15) is 0 Å². The molecule has 67 heavy (non-hydrogen) atoms. The van der Waals surface area contributed by atoms with E-state index in [0.717, 1.165) is 39.4 Å². The smallest absolute Gasteiger partial charge is 0.137 e. The lowest BCUT2D eigenvalue weighted by Gasteiger charge is -2.31. The molecular formula is C62H68N4O. The van der Waals surface area contributed by atoms with Crippen LogP contribution in [0.3, 0.4) is 0 Å². The van der Waals surface area contributed by atoms with Crippen LogP contribution in [0.15, 0.2) is 164 Å². The van der Waals surface area contributed by atoms with E-state index in [2.05, 4.69) is 262 Å². The van der Waals surface area contributed by atoms with Gasteiger partial charge in [-0.25, -0.2) is 4.98 Å². The first-order chi connectivity index (χ1) is 31.6. The number of ether oxygens (including phenoxy) is 1. The third-order valence-corrected chi connectivity index (χ3v) is 14.2. The van der Waals surface area contributed by atoms with Crippen molar-refractivity contribution in [2.75, 3.05) is 16.5 Å². The van der Waals surface area contributed by atoms with Gasteiger partial charge < -0.3 is 14.5 Å². The number of aromatic nitrogens is 2. The average Bonchev–Trinajstić information content (AvgIpc) is 3.92. The molecule has 0 fully saturated rings.